The van der Waals surface area contributed by atoms with Crippen molar-refractivity contribution in [3.63, 3.8) is 0 Å². The van der Waals surface area contributed by atoms with Crippen LogP contribution >= 0.6 is 0 Å². The number of aromatic nitrogens is 8. The van der Waals surface area contributed by atoms with Gasteiger partial charge < -0.3 is 0 Å². The molecule has 4 rings (SSSR count). The molecule has 0 aliphatic carbocycles. The first-order valence-electron chi connectivity index (χ1n) is 9.99. The van der Waals surface area contributed by atoms with Crippen LogP contribution in [0.4, 0.5) is 0 Å². The molecule has 4 aromatic rings. The highest BCUT2D eigenvalue weighted by Crippen LogP contribution is 2.28. The normalized spacial score (nSPS) is 11.1. The van der Waals surface area contributed by atoms with Gasteiger partial charge in [-0.05, 0) is 35.8 Å². The Hall–Kier alpha value is -3.42. The highest BCUT2D eigenvalue weighted by molar-refractivity contribution is 5.78. The van der Waals surface area contributed by atoms with E-state index in [1.54, 1.807) is 0 Å². The molecule has 1 aromatic carbocycles. The standard InChI is InChI=1S/C21H24N8/c1-3-7-19-23-20(8-4-2)29(26-19)14-15-11-12-22-18(13-15)16-9-5-6-10-17(16)21-24-27-28-25-21/h5-6,9-13H,3-4,7-8,14H2,1-2H3,(H,24,25,27,28). The van der Waals surface area contributed by atoms with E-state index in [1.165, 1.54) is 0 Å². The van der Waals surface area contributed by atoms with Crippen molar-refractivity contribution < 1.29 is 0 Å². The maximum atomic E-state index is 4.73. The lowest BCUT2D eigenvalue weighted by atomic mass is 10.0. The molecule has 0 bridgehead atoms. The van der Waals surface area contributed by atoms with E-state index in [4.69, 9.17) is 10.1 Å². The maximum absolute atomic E-state index is 4.73. The second-order valence-electron chi connectivity index (χ2n) is 6.93. The summed E-state index contributed by atoms with van der Waals surface area (Å²) in [4.78, 5) is 9.31. The van der Waals surface area contributed by atoms with Gasteiger partial charge in [-0.3, -0.25) is 4.98 Å². The second-order valence-corrected chi connectivity index (χ2v) is 6.93. The molecule has 0 fully saturated rings. The lowest BCUT2D eigenvalue weighted by Gasteiger charge is -2.09. The van der Waals surface area contributed by atoms with Gasteiger partial charge in [0, 0.05) is 30.2 Å². The Morgan fingerprint density at radius 1 is 1.00 bits per heavy atom. The summed E-state index contributed by atoms with van der Waals surface area (Å²) in [5, 5.41) is 19.2. The summed E-state index contributed by atoms with van der Waals surface area (Å²) in [5.74, 6) is 2.52. The SMILES string of the molecule is CCCc1nc(CCC)n(Cc2ccnc(-c3ccccc3-c3nn[nH]n3)c2)n1. The first-order chi connectivity index (χ1) is 14.3. The zero-order valence-electron chi connectivity index (χ0n) is 16.7. The topological polar surface area (TPSA) is 98.1 Å². The number of nitrogens with zero attached hydrogens (tertiary/aromatic N) is 7. The van der Waals surface area contributed by atoms with E-state index in [-0.39, 0.29) is 0 Å². The van der Waals surface area contributed by atoms with Crippen LogP contribution in [0.1, 0.15) is 43.9 Å². The molecule has 0 unspecified atom stereocenters. The van der Waals surface area contributed by atoms with Gasteiger partial charge in [0.1, 0.15) is 5.82 Å². The third kappa shape index (κ3) is 4.21. The number of benzene rings is 1. The van der Waals surface area contributed by atoms with Crippen LogP contribution in [-0.4, -0.2) is 40.4 Å². The van der Waals surface area contributed by atoms with Gasteiger partial charge in [-0.15, -0.1) is 10.2 Å². The van der Waals surface area contributed by atoms with E-state index in [1.807, 2.05) is 41.2 Å². The molecule has 29 heavy (non-hydrogen) atoms. The molecule has 1 N–H and O–H groups in total. The zero-order chi connectivity index (χ0) is 20.1. The number of pyridine rings is 1. The molecule has 0 atom stereocenters. The molecule has 0 radical (unpaired) electrons. The minimum absolute atomic E-state index is 0.554. The number of H-pyrrole nitrogens is 1. The molecule has 8 heteroatoms. The van der Waals surface area contributed by atoms with Crippen LogP contribution in [0.5, 0.6) is 0 Å². The van der Waals surface area contributed by atoms with E-state index >= 15 is 0 Å². The predicted molar refractivity (Wildman–Crippen MR) is 110 cm³/mol. The Morgan fingerprint density at radius 2 is 1.83 bits per heavy atom. The van der Waals surface area contributed by atoms with E-state index in [0.29, 0.717) is 12.4 Å². The van der Waals surface area contributed by atoms with Crippen LogP contribution in [0, 0.1) is 0 Å². The van der Waals surface area contributed by atoms with Crippen molar-refractivity contribution in [3.8, 4) is 22.6 Å². The predicted octanol–water partition coefficient (Wildman–Crippen LogP) is 3.47. The summed E-state index contributed by atoms with van der Waals surface area (Å²) in [5.41, 5.74) is 3.86. The number of rotatable bonds is 8. The van der Waals surface area contributed by atoms with Gasteiger partial charge >= 0.3 is 0 Å². The molecule has 0 saturated heterocycles. The molecule has 0 aliphatic heterocycles. The van der Waals surface area contributed by atoms with E-state index < -0.39 is 0 Å². The van der Waals surface area contributed by atoms with Gasteiger partial charge in [0.05, 0.1) is 12.2 Å². The molecular weight excluding hydrogens is 364 g/mol. The van der Waals surface area contributed by atoms with Crippen LogP contribution in [0.25, 0.3) is 22.6 Å². The third-order valence-corrected chi connectivity index (χ3v) is 4.69. The third-order valence-electron chi connectivity index (χ3n) is 4.69. The fourth-order valence-electron chi connectivity index (χ4n) is 3.36. The fraction of sp³-hybridized carbons (Fsp3) is 0.333. The Labute approximate surface area is 169 Å². The zero-order valence-corrected chi connectivity index (χ0v) is 16.7. The molecule has 8 nitrogen and oxygen atoms in total. The summed E-state index contributed by atoms with van der Waals surface area (Å²) in [6.45, 7) is 4.99. The van der Waals surface area contributed by atoms with Crippen molar-refractivity contribution in [2.45, 2.75) is 46.1 Å². The molecule has 148 valence electrons. The van der Waals surface area contributed by atoms with E-state index in [2.05, 4.69) is 45.5 Å². The van der Waals surface area contributed by atoms with Gasteiger partial charge in [0.2, 0.25) is 5.82 Å². The Balaban J connectivity index is 1.66. The van der Waals surface area contributed by atoms with Crippen LogP contribution in [-0.2, 0) is 19.4 Å². The average molecular weight is 388 g/mol. The van der Waals surface area contributed by atoms with Gasteiger partial charge in [0.15, 0.2) is 5.82 Å². The molecule has 3 heterocycles. The van der Waals surface area contributed by atoms with Crippen molar-refractivity contribution in [2.75, 3.05) is 0 Å². The average Bonchev–Trinajstić information content (AvgIpc) is 3.40. The van der Waals surface area contributed by atoms with Gasteiger partial charge in [-0.1, -0.05) is 38.1 Å². The highest BCUT2D eigenvalue weighted by Gasteiger charge is 2.13. The quantitative estimate of drug-likeness (QED) is 0.496. The number of tetrazole rings is 1. The Kier molecular flexibility index (Phi) is 5.69. The number of nitrogens with one attached hydrogen (secondary N) is 1. The van der Waals surface area contributed by atoms with Crippen LogP contribution in [0.3, 0.4) is 0 Å². The Morgan fingerprint density at radius 3 is 2.59 bits per heavy atom. The molecule has 0 amide bonds. The summed E-state index contributed by atoms with van der Waals surface area (Å²) in [6.07, 6.45) is 5.76. The van der Waals surface area contributed by atoms with E-state index in [9.17, 15) is 0 Å². The summed E-state index contributed by atoms with van der Waals surface area (Å²) in [7, 11) is 0. The van der Waals surface area contributed by atoms with Crippen molar-refractivity contribution >= 4 is 0 Å². The molecule has 0 spiro atoms. The van der Waals surface area contributed by atoms with E-state index in [0.717, 1.165) is 59.7 Å². The van der Waals surface area contributed by atoms with Crippen LogP contribution in [0.2, 0.25) is 0 Å². The first kappa shape index (κ1) is 18.9. The lowest BCUT2D eigenvalue weighted by molar-refractivity contribution is 0.623. The summed E-state index contributed by atoms with van der Waals surface area (Å²) < 4.78 is 2.03. The van der Waals surface area contributed by atoms with Gasteiger partial charge in [-0.2, -0.15) is 10.3 Å². The van der Waals surface area contributed by atoms with Crippen LogP contribution < -0.4 is 0 Å². The van der Waals surface area contributed by atoms with Crippen molar-refractivity contribution in [2.24, 2.45) is 0 Å². The minimum Gasteiger partial charge on any atom is -0.256 e. The van der Waals surface area contributed by atoms with Crippen molar-refractivity contribution in [1.29, 1.82) is 0 Å². The van der Waals surface area contributed by atoms with Crippen molar-refractivity contribution in [1.82, 2.24) is 40.4 Å². The molecule has 0 aliphatic rings. The maximum Gasteiger partial charge on any atom is 0.205 e. The summed E-state index contributed by atoms with van der Waals surface area (Å²) >= 11 is 0. The second kappa shape index (κ2) is 8.72. The molecular formula is C21H24N8. The number of hydrogen-bond donors (Lipinski definition) is 1. The Bertz CT molecular complexity index is 1070. The largest absolute Gasteiger partial charge is 0.256 e. The monoisotopic (exact) mass is 388 g/mol. The first-order valence-corrected chi connectivity index (χ1v) is 9.99. The highest BCUT2D eigenvalue weighted by atomic mass is 15.5. The van der Waals surface area contributed by atoms with Gasteiger partial charge in [0.25, 0.3) is 0 Å². The molecule has 3 aromatic heterocycles. The smallest absolute Gasteiger partial charge is 0.205 e. The van der Waals surface area contributed by atoms with Crippen LogP contribution in [0.15, 0.2) is 42.6 Å². The number of aromatic amines is 1. The lowest BCUT2D eigenvalue weighted by Crippen LogP contribution is -2.07. The minimum atomic E-state index is 0.554. The fourth-order valence-corrected chi connectivity index (χ4v) is 3.36. The summed E-state index contributed by atoms with van der Waals surface area (Å²) in [6, 6.07) is 12.1. The number of aryl methyl sites for hydroxylation is 2. The van der Waals surface area contributed by atoms with Gasteiger partial charge in [-0.25, -0.2) is 9.67 Å². The molecule has 0 saturated carbocycles. The van der Waals surface area contributed by atoms with Crippen molar-refractivity contribution in [3.05, 3.63) is 59.8 Å². The number of hydrogen-bond acceptors (Lipinski definition) is 6.